The average molecular weight is 338 g/mol. The van der Waals surface area contributed by atoms with E-state index >= 15 is 0 Å². The van der Waals surface area contributed by atoms with Crippen molar-refractivity contribution in [2.45, 2.75) is 0 Å². The summed E-state index contributed by atoms with van der Waals surface area (Å²) < 4.78 is 4.58. The SMILES string of the molecule is c1ccc(-c2nc(-c3ccc4ccc5ccccc5c4c3)ns2)cc1. The van der Waals surface area contributed by atoms with Crippen molar-refractivity contribution in [1.29, 1.82) is 0 Å². The summed E-state index contributed by atoms with van der Waals surface area (Å²) in [4.78, 5) is 4.75. The van der Waals surface area contributed by atoms with E-state index in [1.165, 1.54) is 33.1 Å². The fourth-order valence-electron chi connectivity index (χ4n) is 3.18. The molecule has 0 atom stereocenters. The molecule has 0 N–H and O–H groups in total. The molecule has 0 saturated heterocycles. The van der Waals surface area contributed by atoms with Crippen LogP contribution < -0.4 is 0 Å². The third-order valence-electron chi connectivity index (χ3n) is 4.45. The molecule has 25 heavy (non-hydrogen) atoms. The van der Waals surface area contributed by atoms with Crippen molar-refractivity contribution < 1.29 is 0 Å². The van der Waals surface area contributed by atoms with E-state index in [0.29, 0.717) is 0 Å². The molecule has 0 aliphatic carbocycles. The van der Waals surface area contributed by atoms with Gasteiger partial charge in [0.05, 0.1) is 0 Å². The molecular weight excluding hydrogens is 324 g/mol. The number of aromatic nitrogens is 2. The first-order valence-corrected chi connectivity index (χ1v) is 8.97. The molecule has 0 radical (unpaired) electrons. The van der Waals surface area contributed by atoms with Gasteiger partial charge in [0, 0.05) is 11.1 Å². The average Bonchev–Trinajstić information content (AvgIpc) is 3.18. The predicted molar refractivity (Wildman–Crippen MR) is 106 cm³/mol. The number of hydrogen-bond acceptors (Lipinski definition) is 3. The Morgan fingerprint density at radius 3 is 2.20 bits per heavy atom. The quantitative estimate of drug-likeness (QED) is 0.359. The molecule has 0 spiro atoms. The van der Waals surface area contributed by atoms with Crippen LogP contribution in [-0.2, 0) is 0 Å². The molecule has 0 fully saturated rings. The molecule has 0 unspecified atom stereocenters. The summed E-state index contributed by atoms with van der Waals surface area (Å²) >= 11 is 1.45. The lowest BCUT2D eigenvalue weighted by Gasteiger charge is -2.05. The van der Waals surface area contributed by atoms with Gasteiger partial charge in [-0.25, -0.2) is 4.98 Å². The topological polar surface area (TPSA) is 25.8 Å². The summed E-state index contributed by atoms with van der Waals surface area (Å²) in [6, 6.07) is 29.5. The van der Waals surface area contributed by atoms with Crippen LogP contribution in [0.4, 0.5) is 0 Å². The molecule has 5 rings (SSSR count). The molecule has 2 nitrogen and oxygen atoms in total. The van der Waals surface area contributed by atoms with Crippen molar-refractivity contribution in [3.63, 3.8) is 0 Å². The van der Waals surface area contributed by atoms with Crippen molar-refractivity contribution >= 4 is 33.1 Å². The second-order valence-corrected chi connectivity index (χ2v) is 6.76. The predicted octanol–water partition coefficient (Wildman–Crippen LogP) is 6.18. The molecule has 3 heteroatoms. The van der Waals surface area contributed by atoms with E-state index in [2.05, 4.69) is 71.1 Å². The van der Waals surface area contributed by atoms with E-state index in [-0.39, 0.29) is 0 Å². The molecule has 5 aromatic rings. The second kappa shape index (κ2) is 5.80. The number of hydrogen-bond donors (Lipinski definition) is 0. The highest BCUT2D eigenvalue weighted by molar-refractivity contribution is 7.09. The van der Waals surface area contributed by atoms with Gasteiger partial charge in [0.15, 0.2) is 5.82 Å². The maximum Gasteiger partial charge on any atom is 0.173 e. The summed E-state index contributed by atoms with van der Waals surface area (Å²) in [6.45, 7) is 0. The van der Waals surface area contributed by atoms with Gasteiger partial charge in [0.1, 0.15) is 5.01 Å². The van der Waals surface area contributed by atoms with E-state index in [9.17, 15) is 0 Å². The van der Waals surface area contributed by atoms with Gasteiger partial charge in [-0.1, -0.05) is 78.9 Å². The fourth-order valence-corrected chi connectivity index (χ4v) is 3.87. The number of benzene rings is 4. The molecule has 1 heterocycles. The van der Waals surface area contributed by atoms with Crippen LogP contribution in [-0.4, -0.2) is 9.36 Å². The van der Waals surface area contributed by atoms with Crippen LogP contribution in [0.25, 0.3) is 43.5 Å². The van der Waals surface area contributed by atoms with Crippen LogP contribution >= 0.6 is 11.5 Å². The Bertz CT molecular complexity index is 1190. The Kier molecular flexibility index (Phi) is 3.32. The smallest absolute Gasteiger partial charge is 0.173 e. The third kappa shape index (κ3) is 2.49. The van der Waals surface area contributed by atoms with E-state index in [1.54, 1.807) is 0 Å². The summed E-state index contributed by atoms with van der Waals surface area (Å²) in [5, 5.41) is 5.95. The van der Waals surface area contributed by atoms with Crippen LogP contribution in [0, 0.1) is 0 Å². The van der Waals surface area contributed by atoms with Gasteiger partial charge in [0.25, 0.3) is 0 Å². The van der Waals surface area contributed by atoms with Crippen LogP contribution in [0.2, 0.25) is 0 Å². The minimum atomic E-state index is 0.790. The van der Waals surface area contributed by atoms with Gasteiger partial charge in [-0.05, 0) is 39.1 Å². The number of rotatable bonds is 2. The Labute approximate surface area is 149 Å². The summed E-state index contributed by atoms with van der Waals surface area (Å²) in [5.41, 5.74) is 2.17. The molecule has 0 aliphatic rings. The molecule has 4 aromatic carbocycles. The number of fused-ring (bicyclic) bond motifs is 3. The minimum Gasteiger partial charge on any atom is -0.215 e. The van der Waals surface area contributed by atoms with Crippen LogP contribution in [0.3, 0.4) is 0 Å². The highest BCUT2D eigenvalue weighted by Crippen LogP contribution is 2.31. The Hall–Kier alpha value is -3.04. The van der Waals surface area contributed by atoms with Crippen LogP contribution in [0.1, 0.15) is 0 Å². The van der Waals surface area contributed by atoms with Crippen LogP contribution in [0.5, 0.6) is 0 Å². The lowest BCUT2D eigenvalue weighted by molar-refractivity contribution is 1.33. The van der Waals surface area contributed by atoms with Gasteiger partial charge in [-0.3, -0.25) is 0 Å². The summed E-state index contributed by atoms with van der Waals surface area (Å²) in [7, 11) is 0. The van der Waals surface area contributed by atoms with E-state index in [4.69, 9.17) is 4.98 Å². The number of nitrogens with zero attached hydrogens (tertiary/aromatic N) is 2. The first kappa shape index (κ1) is 14.3. The van der Waals surface area contributed by atoms with Crippen molar-refractivity contribution in [2.24, 2.45) is 0 Å². The normalized spacial score (nSPS) is 11.2. The fraction of sp³-hybridized carbons (Fsp3) is 0. The second-order valence-electron chi connectivity index (χ2n) is 6.01. The monoisotopic (exact) mass is 338 g/mol. The van der Waals surface area contributed by atoms with Gasteiger partial charge in [-0.2, -0.15) is 4.37 Å². The highest BCUT2D eigenvalue weighted by Gasteiger charge is 2.10. The van der Waals surface area contributed by atoms with Gasteiger partial charge in [0.2, 0.25) is 0 Å². The molecule has 0 bridgehead atoms. The van der Waals surface area contributed by atoms with Crippen molar-refractivity contribution in [3.8, 4) is 22.0 Å². The summed E-state index contributed by atoms with van der Waals surface area (Å²) in [6.07, 6.45) is 0. The largest absolute Gasteiger partial charge is 0.215 e. The molecule has 118 valence electrons. The molecule has 0 aliphatic heterocycles. The maximum atomic E-state index is 4.75. The third-order valence-corrected chi connectivity index (χ3v) is 5.22. The zero-order valence-corrected chi connectivity index (χ0v) is 14.2. The Morgan fingerprint density at radius 2 is 1.32 bits per heavy atom. The van der Waals surface area contributed by atoms with Crippen molar-refractivity contribution in [1.82, 2.24) is 9.36 Å². The van der Waals surface area contributed by atoms with E-state index in [0.717, 1.165) is 22.0 Å². The lowest BCUT2D eigenvalue weighted by atomic mass is 10.00. The van der Waals surface area contributed by atoms with Gasteiger partial charge in [-0.15, -0.1) is 0 Å². The van der Waals surface area contributed by atoms with Crippen molar-refractivity contribution in [3.05, 3.63) is 84.9 Å². The standard InChI is InChI=1S/C22H14N2S/c1-2-7-17(8-3-1)22-23-21(24-25-22)18-13-12-16-11-10-15-6-4-5-9-19(15)20(16)14-18/h1-14H. The molecule has 0 saturated carbocycles. The zero-order chi connectivity index (χ0) is 16.6. The van der Waals surface area contributed by atoms with Gasteiger partial charge < -0.3 is 0 Å². The highest BCUT2D eigenvalue weighted by atomic mass is 32.1. The van der Waals surface area contributed by atoms with E-state index < -0.39 is 0 Å². The Morgan fingerprint density at radius 1 is 0.600 bits per heavy atom. The van der Waals surface area contributed by atoms with Crippen molar-refractivity contribution in [2.75, 3.05) is 0 Å². The molecule has 0 amide bonds. The first-order chi connectivity index (χ1) is 12.4. The first-order valence-electron chi connectivity index (χ1n) is 8.19. The summed E-state index contributed by atoms with van der Waals surface area (Å²) in [5.74, 6) is 0.790. The van der Waals surface area contributed by atoms with Gasteiger partial charge >= 0.3 is 0 Å². The van der Waals surface area contributed by atoms with E-state index in [1.807, 2.05) is 18.2 Å². The molecule has 1 aromatic heterocycles. The molecular formula is C22H14N2S. The van der Waals surface area contributed by atoms with Crippen LogP contribution in [0.15, 0.2) is 84.9 Å². The maximum absolute atomic E-state index is 4.75. The Balaban J connectivity index is 1.66. The minimum absolute atomic E-state index is 0.790. The lowest BCUT2D eigenvalue weighted by Crippen LogP contribution is -1.83. The zero-order valence-electron chi connectivity index (χ0n) is 13.4.